The first-order valence-electron chi connectivity index (χ1n) is 3.73. The quantitative estimate of drug-likeness (QED) is 0.588. The van der Waals surface area contributed by atoms with Crippen LogP contribution in [0.1, 0.15) is 6.92 Å². The van der Waals surface area contributed by atoms with Gasteiger partial charge < -0.3 is 14.8 Å². The lowest BCUT2D eigenvalue weighted by molar-refractivity contribution is -0.150. The summed E-state index contributed by atoms with van der Waals surface area (Å²) in [6, 6.07) is 0. The largest absolute Gasteiger partial charge is 0.444 e. The smallest absolute Gasteiger partial charge is 0.407 e. The van der Waals surface area contributed by atoms with Gasteiger partial charge in [0.05, 0.1) is 25.2 Å². The van der Waals surface area contributed by atoms with Crippen molar-refractivity contribution in [1.29, 1.82) is 0 Å². The third-order valence-electron chi connectivity index (χ3n) is 2.32. The van der Waals surface area contributed by atoms with Gasteiger partial charge in [-0.1, -0.05) is 6.92 Å². The fourth-order valence-electron chi connectivity index (χ4n) is 1.39. The highest BCUT2D eigenvalue weighted by molar-refractivity contribution is 5.69. The molecule has 0 aromatic carbocycles. The van der Waals surface area contributed by atoms with E-state index in [0.29, 0.717) is 19.8 Å². The zero-order valence-corrected chi connectivity index (χ0v) is 6.42. The Morgan fingerprint density at radius 3 is 2.73 bits per heavy atom. The third kappa shape index (κ3) is 0.976. The first-order chi connectivity index (χ1) is 5.21. The predicted octanol–water partition coefficient (Wildman–Crippen LogP) is 0.131. The van der Waals surface area contributed by atoms with E-state index in [4.69, 9.17) is 9.47 Å². The second-order valence-electron chi connectivity index (χ2n) is 3.42. The summed E-state index contributed by atoms with van der Waals surface area (Å²) < 4.78 is 10.1. The molecule has 1 N–H and O–H groups in total. The number of carbonyl (C=O) groups excluding carboxylic acids is 1. The fraction of sp³-hybridized carbons (Fsp3) is 0.857. The van der Waals surface area contributed by atoms with Crippen LogP contribution in [0.25, 0.3) is 0 Å². The van der Waals surface area contributed by atoms with E-state index in [1.807, 2.05) is 0 Å². The first-order valence-corrected chi connectivity index (χ1v) is 3.73. The van der Waals surface area contributed by atoms with Crippen molar-refractivity contribution in [2.75, 3.05) is 19.8 Å². The number of nitrogens with one attached hydrogen (secondary N) is 1. The standard InChI is InChI=1S/C7H11NO3/c1-7(3-10-4-7)5-2-8-6(9)11-5/h5H,2-4H2,1H3,(H,8,9). The molecule has 1 amide bonds. The molecule has 2 aliphatic heterocycles. The second kappa shape index (κ2) is 2.11. The van der Waals surface area contributed by atoms with Crippen LogP contribution in [0, 0.1) is 5.41 Å². The van der Waals surface area contributed by atoms with Crippen molar-refractivity contribution in [3.8, 4) is 0 Å². The van der Waals surface area contributed by atoms with E-state index >= 15 is 0 Å². The van der Waals surface area contributed by atoms with Crippen molar-refractivity contribution in [3.05, 3.63) is 0 Å². The average molecular weight is 157 g/mol. The van der Waals surface area contributed by atoms with Crippen LogP contribution < -0.4 is 5.32 Å². The number of alkyl carbamates (subject to hydrolysis) is 1. The lowest BCUT2D eigenvalue weighted by Crippen LogP contribution is -2.50. The molecule has 2 heterocycles. The maximum atomic E-state index is 10.7. The third-order valence-corrected chi connectivity index (χ3v) is 2.32. The molecule has 0 aliphatic carbocycles. The molecule has 2 rings (SSSR count). The van der Waals surface area contributed by atoms with E-state index in [1.165, 1.54) is 0 Å². The van der Waals surface area contributed by atoms with Crippen molar-refractivity contribution >= 4 is 6.09 Å². The highest BCUT2D eigenvalue weighted by Crippen LogP contribution is 2.33. The van der Waals surface area contributed by atoms with Gasteiger partial charge in [0, 0.05) is 0 Å². The van der Waals surface area contributed by atoms with Gasteiger partial charge in [-0.2, -0.15) is 0 Å². The van der Waals surface area contributed by atoms with Crippen molar-refractivity contribution in [2.45, 2.75) is 13.0 Å². The highest BCUT2D eigenvalue weighted by Gasteiger charge is 2.46. The van der Waals surface area contributed by atoms with E-state index in [0.717, 1.165) is 0 Å². The highest BCUT2D eigenvalue weighted by atomic mass is 16.6. The minimum atomic E-state index is -0.303. The summed E-state index contributed by atoms with van der Waals surface area (Å²) in [5, 5.41) is 2.63. The van der Waals surface area contributed by atoms with Crippen LogP contribution in [0.2, 0.25) is 0 Å². The van der Waals surface area contributed by atoms with Crippen molar-refractivity contribution < 1.29 is 14.3 Å². The molecule has 0 radical (unpaired) electrons. The Balaban J connectivity index is 2.00. The predicted molar refractivity (Wildman–Crippen MR) is 37.2 cm³/mol. The molecule has 4 heteroatoms. The van der Waals surface area contributed by atoms with Crippen LogP contribution in [-0.4, -0.2) is 32.0 Å². The molecular weight excluding hydrogens is 146 g/mol. The summed E-state index contributed by atoms with van der Waals surface area (Å²) in [5.41, 5.74) is 0.0547. The Morgan fingerprint density at radius 1 is 1.64 bits per heavy atom. The lowest BCUT2D eigenvalue weighted by atomic mass is 9.82. The molecule has 0 spiro atoms. The Bertz CT molecular complexity index is 188. The minimum absolute atomic E-state index is 0.00347. The van der Waals surface area contributed by atoms with Gasteiger partial charge in [0.25, 0.3) is 0 Å². The van der Waals surface area contributed by atoms with E-state index in [2.05, 4.69) is 12.2 Å². The molecule has 1 atom stereocenters. The van der Waals surface area contributed by atoms with Crippen LogP contribution in [0.5, 0.6) is 0 Å². The molecular formula is C7H11NO3. The monoisotopic (exact) mass is 157 g/mol. The van der Waals surface area contributed by atoms with Crippen molar-refractivity contribution in [2.24, 2.45) is 5.41 Å². The molecule has 0 saturated carbocycles. The van der Waals surface area contributed by atoms with Crippen molar-refractivity contribution in [3.63, 3.8) is 0 Å². The summed E-state index contributed by atoms with van der Waals surface area (Å²) >= 11 is 0. The number of cyclic esters (lactones) is 1. The number of rotatable bonds is 1. The van der Waals surface area contributed by atoms with E-state index < -0.39 is 0 Å². The van der Waals surface area contributed by atoms with Gasteiger partial charge in [-0.15, -0.1) is 0 Å². The lowest BCUT2D eigenvalue weighted by Gasteiger charge is -2.40. The number of hydrogen-bond donors (Lipinski definition) is 1. The maximum Gasteiger partial charge on any atom is 0.407 e. The number of carbonyl (C=O) groups is 1. The second-order valence-corrected chi connectivity index (χ2v) is 3.42. The zero-order chi connectivity index (χ0) is 7.90. The Labute approximate surface area is 64.9 Å². The molecule has 2 aliphatic rings. The van der Waals surface area contributed by atoms with Gasteiger partial charge >= 0.3 is 6.09 Å². The van der Waals surface area contributed by atoms with Crippen LogP contribution in [-0.2, 0) is 9.47 Å². The molecule has 0 bridgehead atoms. The first kappa shape index (κ1) is 6.91. The minimum Gasteiger partial charge on any atom is -0.444 e. The van der Waals surface area contributed by atoms with Gasteiger partial charge in [0.15, 0.2) is 0 Å². The van der Waals surface area contributed by atoms with Gasteiger partial charge in [-0.25, -0.2) is 4.79 Å². The van der Waals surface area contributed by atoms with Crippen LogP contribution in [0.3, 0.4) is 0 Å². The topological polar surface area (TPSA) is 47.6 Å². The molecule has 4 nitrogen and oxygen atoms in total. The van der Waals surface area contributed by atoms with Gasteiger partial charge in [-0.05, 0) is 0 Å². The van der Waals surface area contributed by atoms with Crippen LogP contribution >= 0.6 is 0 Å². The summed E-state index contributed by atoms with van der Waals surface area (Å²) in [4.78, 5) is 10.7. The SMILES string of the molecule is CC1(C2CNC(=O)O2)COC1. The van der Waals surface area contributed by atoms with Crippen molar-refractivity contribution in [1.82, 2.24) is 5.32 Å². The fourth-order valence-corrected chi connectivity index (χ4v) is 1.39. The Hall–Kier alpha value is -0.770. The van der Waals surface area contributed by atoms with E-state index in [-0.39, 0.29) is 17.6 Å². The van der Waals surface area contributed by atoms with Gasteiger partial charge in [-0.3, -0.25) is 0 Å². The molecule has 0 aromatic rings. The van der Waals surface area contributed by atoms with Gasteiger partial charge in [0.1, 0.15) is 6.10 Å². The maximum absolute atomic E-state index is 10.7. The Morgan fingerprint density at radius 2 is 2.36 bits per heavy atom. The summed E-state index contributed by atoms with van der Waals surface area (Å²) in [5.74, 6) is 0. The van der Waals surface area contributed by atoms with Crippen LogP contribution in [0.15, 0.2) is 0 Å². The molecule has 11 heavy (non-hydrogen) atoms. The normalized spacial score (nSPS) is 33.9. The summed E-state index contributed by atoms with van der Waals surface area (Å²) in [6.45, 7) is 4.10. The average Bonchev–Trinajstić information content (AvgIpc) is 2.31. The Kier molecular flexibility index (Phi) is 1.32. The molecule has 2 fully saturated rings. The van der Waals surface area contributed by atoms with Crippen LogP contribution in [0.4, 0.5) is 4.79 Å². The summed E-state index contributed by atoms with van der Waals surface area (Å²) in [7, 11) is 0. The molecule has 62 valence electrons. The van der Waals surface area contributed by atoms with E-state index in [9.17, 15) is 4.79 Å². The number of amides is 1. The number of ether oxygens (including phenoxy) is 2. The zero-order valence-electron chi connectivity index (χ0n) is 6.42. The summed E-state index contributed by atoms with van der Waals surface area (Å²) in [6.07, 6.45) is -0.299. The van der Waals surface area contributed by atoms with E-state index in [1.54, 1.807) is 0 Å². The molecule has 0 aromatic heterocycles. The molecule has 1 unspecified atom stereocenters. The molecule has 2 saturated heterocycles. The van der Waals surface area contributed by atoms with Gasteiger partial charge in [0.2, 0.25) is 0 Å². The number of hydrogen-bond acceptors (Lipinski definition) is 3.